The van der Waals surface area contributed by atoms with E-state index in [0.717, 1.165) is 54.2 Å². The molecule has 0 atom stereocenters. The van der Waals surface area contributed by atoms with Gasteiger partial charge in [-0.3, -0.25) is 66.7 Å². The fourth-order valence-electron chi connectivity index (χ4n) is 10.6. The maximum atomic E-state index is 12.4. The second-order valence-electron chi connectivity index (χ2n) is 24.4. The van der Waals surface area contributed by atoms with Crippen LogP contribution in [0.1, 0.15) is 11.1 Å². The van der Waals surface area contributed by atoms with E-state index in [-0.39, 0.29) is 38.8 Å². The summed E-state index contributed by atoms with van der Waals surface area (Å²) < 4.78 is 15.5. The van der Waals surface area contributed by atoms with Crippen LogP contribution in [-0.4, -0.2) is 110 Å². The third-order valence-corrected chi connectivity index (χ3v) is 18.0. The van der Waals surface area contributed by atoms with Crippen LogP contribution >= 0.6 is 73.4 Å². The molecule has 0 spiro atoms. The van der Waals surface area contributed by atoms with Crippen molar-refractivity contribution < 1.29 is 30.1 Å². The average molecular weight is 1860 g/mol. The number of para-hydroxylation sites is 5. The van der Waals surface area contributed by atoms with Crippen LogP contribution in [0.5, 0.6) is 0 Å². The molecule has 0 aliphatic carbocycles. The van der Waals surface area contributed by atoms with E-state index in [9.17, 15) is 34.0 Å². The third kappa shape index (κ3) is 31.7. The van der Waals surface area contributed by atoms with Crippen LogP contribution in [0.15, 0.2) is 429 Å². The van der Waals surface area contributed by atoms with Crippen molar-refractivity contribution >= 4 is 127 Å². The van der Waals surface area contributed by atoms with Gasteiger partial charge in [0.05, 0.1) is 44.3 Å². The minimum absolute atomic E-state index is 0.00583. The molecule has 0 aliphatic heterocycles. The number of aromatic nitrogens is 9. The van der Waals surface area contributed by atoms with Crippen LogP contribution in [0.3, 0.4) is 0 Å². The monoisotopic (exact) mass is 1850 g/mol. The van der Waals surface area contributed by atoms with Crippen LogP contribution in [0.2, 0.25) is 0 Å². The SMILES string of the molecule is N#Cc1ccccc1B(O)O.N#Cc1ccccc1Br.O=c1c(B(O)O)cc(-c2ccccn2)cn1-c1ccccc1.O=c1c(Br)cc(-c2ccccn2)cn1-c1ccccc1.O=c1ccc(-c2ccccn2)cn1-c1ccccc1.O=c1ccc(Br)cn1-c1ccccc1.O=c1ccccn1-c1ccccc1.OB(O)c1ccccn1.[B]=NS.[B]=NS. The number of pyridine rings is 9. The van der Waals surface area contributed by atoms with Crippen LogP contribution in [0.4, 0.5) is 0 Å². The van der Waals surface area contributed by atoms with E-state index in [4.69, 9.17) is 30.6 Å². The summed E-state index contributed by atoms with van der Waals surface area (Å²) in [5, 5.41) is 70.4. The van der Waals surface area contributed by atoms with E-state index in [1.807, 2.05) is 231 Å². The quantitative estimate of drug-likeness (QED) is 0.0440. The molecule has 24 nitrogen and oxygen atoms in total. The van der Waals surface area contributed by atoms with E-state index in [2.05, 4.69) is 117 Å². The molecule has 16 rings (SSSR count). The average Bonchev–Trinajstić information content (AvgIpc) is 0.789. The van der Waals surface area contributed by atoms with E-state index < -0.39 is 26.9 Å². The first-order valence-corrected chi connectivity index (χ1v) is 39.5. The van der Waals surface area contributed by atoms with Crippen molar-refractivity contribution in [3.05, 3.63) is 460 Å². The van der Waals surface area contributed by atoms with Crippen molar-refractivity contribution in [3.8, 4) is 74.3 Å². The minimum atomic E-state index is -1.84. The van der Waals surface area contributed by atoms with Crippen molar-refractivity contribution in [1.29, 1.82) is 10.5 Å². The number of hydrogen-bond donors (Lipinski definition) is 8. The zero-order chi connectivity index (χ0) is 88.7. The Hall–Kier alpha value is -13.3. The first kappa shape index (κ1) is 96.8. The van der Waals surface area contributed by atoms with Gasteiger partial charge < -0.3 is 30.1 Å². The molecular weight excluding hydrogens is 1780 g/mol. The molecule has 16 aromatic rings. The summed E-state index contributed by atoms with van der Waals surface area (Å²) in [5.74, 6) is 0. The molecule has 7 aromatic carbocycles. The summed E-state index contributed by atoms with van der Waals surface area (Å²) in [4.78, 5) is 76.0. The molecule has 6 N–H and O–H groups in total. The predicted octanol–water partition coefficient (Wildman–Crippen LogP) is 12.3. The van der Waals surface area contributed by atoms with Gasteiger partial charge in [-0.15, -0.1) is 0 Å². The van der Waals surface area contributed by atoms with Crippen molar-refractivity contribution in [3.63, 3.8) is 0 Å². The van der Waals surface area contributed by atoms with Crippen molar-refractivity contribution in [2.75, 3.05) is 0 Å². The molecule has 0 amide bonds. The van der Waals surface area contributed by atoms with Gasteiger partial charge in [-0.1, -0.05) is 152 Å². The number of nitriles is 2. The maximum absolute atomic E-state index is 12.4. The van der Waals surface area contributed by atoms with Gasteiger partial charge in [0.25, 0.3) is 27.8 Å². The normalized spacial score (nSPS) is 9.62. The molecule has 606 valence electrons. The summed E-state index contributed by atoms with van der Waals surface area (Å²) in [6.45, 7) is 0. The summed E-state index contributed by atoms with van der Waals surface area (Å²) in [7, 11) is 3.81. The van der Waals surface area contributed by atoms with Gasteiger partial charge in [-0.05, 0) is 211 Å². The van der Waals surface area contributed by atoms with Crippen LogP contribution in [-0.2, 0) is 0 Å². The molecule has 0 saturated heterocycles. The Labute approximate surface area is 746 Å². The zero-order valence-corrected chi connectivity index (χ0v) is 71.4. The molecule has 9 aromatic heterocycles. The number of rotatable bonds is 11. The van der Waals surface area contributed by atoms with Crippen LogP contribution in [0, 0.1) is 22.7 Å². The Balaban J connectivity index is 0.000000195. The first-order valence-electron chi connectivity index (χ1n) is 36.4. The zero-order valence-electron chi connectivity index (χ0n) is 64.8. The number of nitrogens with zero attached hydrogens (tertiary/aromatic N) is 13. The number of hydrogen-bond acceptors (Lipinski definition) is 21. The third-order valence-electron chi connectivity index (χ3n) is 16.3. The van der Waals surface area contributed by atoms with E-state index in [0.29, 0.717) is 32.5 Å². The fourth-order valence-corrected chi connectivity index (χ4v) is 11.7. The number of benzene rings is 7. The van der Waals surface area contributed by atoms with E-state index in [1.54, 1.807) is 153 Å². The van der Waals surface area contributed by atoms with Gasteiger partial charge in [0.15, 0.2) is 0 Å². The molecule has 2 radical (unpaired) electrons. The first-order chi connectivity index (χ1) is 59.6. The summed E-state index contributed by atoms with van der Waals surface area (Å²) >= 11 is 16.3. The summed E-state index contributed by atoms with van der Waals surface area (Å²) in [5.41, 5.74) is 9.63. The van der Waals surface area contributed by atoms with Gasteiger partial charge in [0.1, 0.15) is 6.07 Å². The Bertz CT molecular complexity index is 6350. The molecule has 34 heteroatoms. The molecule has 123 heavy (non-hydrogen) atoms. The van der Waals surface area contributed by atoms with Crippen LogP contribution in [0.25, 0.3) is 62.2 Å². The Morgan fingerprint density at radius 3 is 1.07 bits per heavy atom. The second kappa shape index (κ2) is 53.4. The molecule has 0 aliphatic rings. The second-order valence-corrected chi connectivity index (χ2v) is 27.5. The van der Waals surface area contributed by atoms with Gasteiger partial charge in [-0.2, -0.15) is 10.5 Å². The topological polar surface area (TPSA) is 355 Å². The molecular formula is C89H71B5Br3N13O11S2. The fraction of sp³-hybridized carbons (Fsp3) is 0. The van der Waals surface area contributed by atoms with E-state index in [1.165, 1.54) is 35.0 Å². The Kier molecular flexibility index (Phi) is 42.0. The Morgan fingerprint density at radius 2 is 0.675 bits per heavy atom. The molecule has 0 unspecified atom stereocenters. The molecule has 9 heterocycles. The van der Waals surface area contributed by atoms with Gasteiger partial charge >= 0.3 is 70.9 Å². The van der Waals surface area contributed by atoms with Crippen LogP contribution < -0.4 is 44.3 Å². The predicted molar refractivity (Wildman–Crippen MR) is 503 cm³/mol. The number of thiol groups is 2. The van der Waals surface area contributed by atoms with Crippen molar-refractivity contribution in [2.24, 2.45) is 8.60 Å². The Morgan fingerprint density at radius 1 is 0.325 bits per heavy atom. The summed E-state index contributed by atoms with van der Waals surface area (Å²) in [6, 6.07) is 102. The van der Waals surface area contributed by atoms with Gasteiger partial charge in [-0.25, -0.2) is 0 Å². The molecule has 0 fully saturated rings. The molecule has 0 bridgehead atoms. The van der Waals surface area contributed by atoms with E-state index >= 15 is 0 Å². The number of halogens is 3. The van der Waals surface area contributed by atoms with Crippen molar-refractivity contribution in [2.45, 2.75) is 0 Å². The standard InChI is InChI=1S/C16H13BN2O3.C16H11BrN2O.C16H12N2O.C11H8BrNO.C11H9NO.C7H6BNO2.C7H4BrN.C5H6BNO2.2BHNS/c20-16-14(17(21)22)10-12(15-8-4-5-9-18-15)11-19(16)13-6-2-1-3-7-13;17-14-10-12(15-8-4-5-9-18-15)11-19(16(14)20)13-6-2-1-3-7-13;19-16-10-9-13(15-8-4-5-11-17-15)12-18(16)14-6-2-1-3-7-14;12-9-6-7-11(14)13(8-9)10-4-2-1-3-5-10;13-11-8-4-5-9-12(11)10-6-2-1-3-7-10;9-5-6-3-1-2-4-7(6)8(10)11;8-7-4-2-1-3-6(7)5-9;8-6(9)5-3-1-2-4-7-5;2*1-2-3/h1-11,21-22H;1-11H;1-12H;1-8H;1-9H;1-4,10-11H;1-4H;1-4,8-9H;2*3H. The summed E-state index contributed by atoms with van der Waals surface area (Å²) in [6.07, 6.45) is 15.4. The van der Waals surface area contributed by atoms with Gasteiger partial charge in [0, 0.05) is 134 Å². The van der Waals surface area contributed by atoms with Gasteiger partial charge in [0.2, 0.25) is 0 Å². The molecule has 0 saturated carbocycles. The van der Waals surface area contributed by atoms with Crippen molar-refractivity contribution in [1.82, 2.24) is 42.8 Å².